The number of halogens is 1. The maximum Gasteiger partial charge on any atom is 0.269 e. The van der Waals surface area contributed by atoms with Crippen molar-refractivity contribution in [2.45, 2.75) is 38.5 Å². The van der Waals surface area contributed by atoms with Crippen molar-refractivity contribution in [2.75, 3.05) is 17.2 Å². The molecule has 15 heteroatoms. The van der Waals surface area contributed by atoms with Crippen molar-refractivity contribution >= 4 is 46.2 Å². The SMILES string of the molecule is CC1Cc2c(NC(=O)C3CC(F)CN3C(=O)Cn3nc(C(N)=O)c4cc(-c5ccnnc5)ccc43)nn(C)c2NC1=O. The van der Waals surface area contributed by atoms with E-state index in [1.54, 1.807) is 44.4 Å². The van der Waals surface area contributed by atoms with Gasteiger partial charge in [0.15, 0.2) is 11.5 Å². The minimum absolute atomic E-state index is 0.0259. The van der Waals surface area contributed by atoms with E-state index in [2.05, 4.69) is 31.0 Å². The number of nitrogens with one attached hydrogen (secondary N) is 2. The van der Waals surface area contributed by atoms with Gasteiger partial charge in [0.05, 0.1) is 24.5 Å². The Labute approximate surface area is 238 Å². The van der Waals surface area contributed by atoms with Crippen LogP contribution in [0.4, 0.5) is 16.0 Å². The Bertz CT molecular complexity index is 1750. The van der Waals surface area contributed by atoms with E-state index in [0.29, 0.717) is 28.7 Å². The molecule has 0 saturated carbocycles. The van der Waals surface area contributed by atoms with Gasteiger partial charge in [-0.1, -0.05) is 13.0 Å². The highest BCUT2D eigenvalue weighted by Gasteiger charge is 2.41. The number of rotatable bonds is 6. The van der Waals surface area contributed by atoms with E-state index in [1.165, 1.54) is 20.5 Å². The number of hydrogen-bond acceptors (Lipinski definition) is 8. The standard InChI is InChI=1S/C27H27FN10O4/c1-13-7-18-24(35-36(2)25(18)33-26(13)41)32-27(42)20-9-16(28)11-37(20)21(39)12-38-19-4-3-14(15-5-6-30-31-10-15)8-17(19)22(34-38)23(29)40/h3-6,8,10,13,16,20H,7,9,11-12H2,1-2H3,(H2,29,40)(H,33,41)(H,32,35,42). The summed E-state index contributed by atoms with van der Waals surface area (Å²) >= 11 is 0. The average Bonchev–Trinajstić information content (AvgIpc) is 3.63. The minimum Gasteiger partial charge on any atom is -0.364 e. The van der Waals surface area contributed by atoms with E-state index in [1.807, 2.05) is 0 Å². The molecule has 2 aliphatic heterocycles. The van der Waals surface area contributed by atoms with Gasteiger partial charge < -0.3 is 21.3 Å². The van der Waals surface area contributed by atoms with Crippen LogP contribution in [0.25, 0.3) is 22.0 Å². The van der Waals surface area contributed by atoms with Crippen LogP contribution in [0.2, 0.25) is 0 Å². The van der Waals surface area contributed by atoms with Gasteiger partial charge in [0, 0.05) is 35.9 Å². The lowest BCUT2D eigenvalue weighted by Gasteiger charge is -2.24. The first kappa shape index (κ1) is 27.0. The maximum absolute atomic E-state index is 14.6. The zero-order chi connectivity index (χ0) is 29.7. The first-order valence-corrected chi connectivity index (χ1v) is 13.3. The molecule has 42 heavy (non-hydrogen) atoms. The fourth-order valence-corrected chi connectivity index (χ4v) is 5.51. The Kier molecular flexibility index (Phi) is 6.63. The number of carbonyl (C=O) groups is 4. The minimum atomic E-state index is -1.41. The van der Waals surface area contributed by atoms with E-state index < -0.39 is 29.9 Å². The molecule has 4 aromatic rings. The van der Waals surface area contributed by atoms with Gasteiger partial charge in [-0.15, -0.1) is 0 Å². The summed E-state index contributed by atoms with van der Waals surface area (Å²) in [6, 6.07) is 5.88. The summed E-state index contributed by atoms with van der Waals surface area (Å²) < 4.78 is 17.4. The molecule has 4 amide bonds. The van der Waals surface area contributed by atoms with Crippen molar-refractivity contribution in [3.8, 4) is 11.1 Å². The second-order valence-corrected chi connectivity index (χ2v) is 10.5. The Balaban J connectivity index is 1.25. The molecular formula is C27H27FN10O4. The number of benzene rings is 1. The topological polar surface area (TPSA) is 183 Å². The van der Waals surface area contributed by atoms with Gasteiger partial charge in [-0.2, -0.15) is 20.4 Å². The first-order valence-electron chi connectivity index (χ1n) is 13.3. The van der Waals surface area contributed by atoms with Gasteiger partial charge >= 0.3 is 0 Å². The van der Waals surface area contributed by atoms with Crippen LogP contribution in [0.1, 0.15) is 29.4 Å². The van der Waals surface area contributed by atoms with Crippen molar-refractivity contribution in [1.82, 2.24) is 34.7 Å². The summed E-state index contributed by atoms with van der Waals surface area (Å²) in [5.41, 5.74) is 8.20. The van der Waals surface area contributed by atoms with Crippen molar-refractivity contribution in [3.05, 3.63) is 47.9 Å². The van der Waals surface area contributed by atoms with Crippen LogP contribution >= 0.6 is 0 Å². The molecule has 1 aromatic carbocycles. The summed E-state index contributed by atoms with van der Waals surface area (Å²) in [5, 5.41) is 22.2. The Morgan fingerprint density at radius 2 is 1.98 bits per heavy atom. The number of carbonyl (C=O) groups excluding carboxylic acids is 4. The lowest BCUT2D eigenvalue weighted by Crippen LogP contribution is -2.44. The van der Waals surface area contributed by atoms with Crippen molar-refractivity contribution < 1.29 is 23.6 Å². The van der Waals surface area contributed by atoms with Crippen LogP contribution in [0.5, 0.6) is 0 Å². The molecule has 0 aliphatic carbocycles. The fourth-order valence-electron chi connectivity index (χ4n) is 5.51. The molecule has 6 rings (SSSR count). The van der Waals surface area contributed by atoms with Crippen molar-refractivity contribution in [1.29, 1.82) is 0 Å². The lowest BCUT2D eigenvalue weighted by atomic mass is 9.98. The van der Waals surface area contributed by atoms with E-state index in [-0.39, 0.29) is 42.8 Å². The monoisotopic (exact) mass is 574 g/mol. The highest BCUT2D eigenvalue weighted by atomic mass is 19.1. The molecule has 5 heterocycles. The van der Waals surface area contributed by atoms with E-state index in [9.17, 15) is 23.6 Å². The summed E-state index contributed by atoms with van der Waals surface area (Å²) in [6.45, 7) is 1.14. The van der Waals surface area contributed by atoms with Gasteiger partial charge in [-0.3, -0.25) is 28.5 Å². The molecule has 3 unspecified atom stereocenters. The number of aryl methyl sites for hydroxylation is 1. The summed E-state index contributed by atoms with van der Waals surface area (Å²) in [4.78, 5) is 52.3. The molecule has 3 atom stereocenters. The molecule has 2 aliphatic rings. The molecule has 0 radical (unpaired) electrons. The average molecular weight is 575 g/mol. The third kappa shape index (κ3) is 4.71. The summed E-state index contributed by atoms with van der Waals surface area (Å²) in [5.74, 6) is -1.65. The number of fused-ring (bicyclic) bond motifs is 2. The zero-order valence-electron chi connectivity index (χ0n) is 22.7. The lowest BCUT2D eigenvalue weighted by molar-refractivity contribution is -0.137. The number of likely N-dealkylation sites (tertiary alicyclic amines) is 1. The predicted octanol–water partition coefficient (Wildman–Crippen LogP) is 1.03. The third-order valence-electron chi connectivity index (χ3n) is 7.65. The second kappa shape index (κ2) is 10.3. The highest BCUT2D eigenvalue weighted by Crippen LogP contribution is 2.32. The number of alkyl halides is 1. The summed E-state index contributed by atoms with van der Waals surface area (Å²) in [6.07, 6.45) is 1.89. The smallest absolute Gasteiger partial charge is 0.269 e. The van der Waals surface area contributed by atoms with Crippen LogP contribution in [0, 0.1) is 5.92 Å². The largest absolute Gasteiger partial charge is 0.364 e. The zero-order valence-corrected chi connectivity index (χ0v) is 22.7. The molecule has 1 saturated heterocycles. The molecule has 14 nitrogen and oxygen atoms in total. The third-order valence-corrected chi connectivity index (χ3v) is 7.65. The molecule has 216 valence electrons. The Morgan fingerprint density at radius 1 is 1.17 bits per heavy atom. The predicted molar refractivity (Wildman–Crippen MR) is 148 cm³/mol. The fraction of sp³-hybridized carbons (Fsp3) is 0.333. The number of hydrogen-bond donors (Lipinski definition) is 3. The quantitative estimate of drug-likeness (QED) is 0.305. The molecule has 3 aromatic heterocycles. The first-order chi connectivity index (χ1) is 20.1. The maximum atomic E-state index is 14.6. The molecule has 4 N–H and O–H groups in total. The molecule has 1 fully saturated rings. The summed E-state index contributed by atoms with van der Waals surface area (Å²) in [7, 11) is 1.64. The molecule has 0 bridgehead atoms. The van der Waals surface area contributed by atoms with E-state index in [4.69, 9.17) is 5.73 Å². The van der Waals surface area contributed by atoms with Crippen molar-refractivity contribution in [2.24, 2.45) is 18.7 Å². The number of primary amides is 1. The van der Waals surface area contributed by atoms with Crippen LogP contribution in [0.3, 0.4) is 0 Å². The highest BCUT2D eigenvalue weighted by molar-refractivity contribution is 6.05. The van der Waals surface area contributed by atoms with Gasteiger partial charge in [-0.25, -0.2) is 4.39 Å². The molecule has 0 spiro atoms. The van der Waals surface area contributed by atoms with Crippen LogP contribution in [-0.4, -0.2) is 77.0 Å². The van der Waals surface area contributed by atoms with E-state index in [0.717, 1.165) is 11.1 Å². The number of amides is 4. The van der Waals surface area contributed by atoms with Crippen molar-refractivity contribution in [3.63, 3.8) is 0 Å². The van der Waals surface area contributed by atoms with Gasteiger partial charge in [0.2, 0.25) is 17.7 Å². The van der Waals surface area contributed by atoms with Gasteiger partial charge in [0.25, 0.3) is 5.91 Å². The second-order valence-electron chi connectivity index (χ2n) is 10.5. The number of nitrogens with two attached hydrogens (primary N) is 1. The number of nitrogens with zero attached hydrogens (tertiary/aromatic N) is 7. The number of anilines is 2. The van der Waals surface area contributed by atoms with Crippen LogP contribution in [-0.2, 0) is 34.4 Å². The number of aromatic nitrogens is 6. The van der Waals surface area contributed by atoms with E-state index >= 15 is 0 Å². The van der Waals surface area contributed by atoms with Crippen LogP contribution < -0.4 is 16.4 Å². The molecular weight excluding hydrogens is 547 g/mol. The normalized spacial score (nSPS) is 19.9. The van der Waals surface area contributed by atoms with Crippen LogP contribution in [0.15, 0.2) is 36.7 Å². The Hall–Kier alpha value is -5.21. The Morgan fingerprint density at radius 3 is 2.71 bits per heavy atom. The van der Waals surface area contributed by atoms with Gasteiger partial charge in [-0.05, 0) is 30.2 Å². The van der Waals surface area contributed by atoms with Gasteiger partial charge in [0.1, 0.15) is 24.6 Å².